The molecule has 0 aliphatic carbocycles. The van der Waals surface area contributed by atoms with Gasteiger partial charge in [0.2, 0.25) is 17.6 Å². The molecule has 46 heavy (non-hydrogen) atoms. The number of carbonyl (C=O) groups is 2. The Morgan fingerprint density at radius 3 is 2.07 bits per heavy atom. The summed E-state index contributed by atoms with van der Waals surface area (Å²) in [5.41, 5.74) is 2.83. The van der Waals surface area contributed by atoms with Gasteiger partial charge in [0.25, 0.3) is 0 Å². The molecule has 1 N–H and O–H groups in total. The number of ether oxygens (including phenoxy) is 1. The molecule has 1 aromatic carbocycles. The molecule has 0 saturated heterocycles. The molecule has 7 aromatic rings. The third kappa shape index (κ3) is 6.69. The van der Waals surface area contributed by atoms with Crippen LogP contribution in [0.25, 0.3) is 34.5 Å². The standard InChI is InChI=1S/C20H19N5O3.C11H8N4O2S/c26-13-16-12-22-20(21-9-5-10-27-14-15-6-2-1-3-7-15)25-19(16)23-18(24-25)17-8-4-11-28-17;1-18-11-12-5-7(6-16)10-13-9(14-15(10)11)8-3-2-4-17-8/h1-4,6-8,11-13H,5,9-10,14H2,(H,21,22);2-6H,1H3. The normalized spacial score (nSPS) is 11.0. The fraction of sp³-hybridized carbons (Fsp3) is 0.161. The molecule has 232 valence electrons. The number of benzene rings is 1. The van der Waals surface area contributed by atoms with Crippen molar-refractivity contribution in [2.75, 3.05) is 24.7 Å². The molecule has 0 radical (unpaired) electrons. The minimum Gasteiger partial charge on any atom is -0.461 e. The second kappa shape index (κ2) is 14.4. The Hall–Kier alpha value is -5.67. The number of furan rings is 2. The van der Waals surface area contributed by atoms with E-state index in [0.29, 0.717) is 89.0 Å². The number of fused-ring (bicyclic) bond motifs is 2. The van der Waals surface area contributed by atoms with E-state index in [2.05, 4.69) is 35.5 Å². The minimum absolute atomic E-state index is 0.363. The zero-order valence-corrected chi connectivity index (χ0v) is 25.3. The Bertz CT molecular complexity index is 2040. The van der Waals surface area contributed by atoms with E-state index < -0.39 is 0 Å². The van der Waals surface area contributed by atoms with Gasteiger partial charge in [-0.1, -0.05) is 42.1 Å². The summed E-state index contributed by atoms with van der Waals surface area (Å²) in [7, 11) is 0. The van der Waals surface area contributed by atoms with Crippen molar-refractivity contribution in [3.8, 4) is 23.2 Å². The first-order chi connectivity index (χ1) is 22.7. The highest BCUT2D eigenvalue weighted by molar-refractivity contribution is 7.98. The van der Waals surface area contributed by atoms with Gasteiger partial charge in [0.1, 0.15) is 0 Å². The number of thioether (sulfide) groups is 1. The van der Waals surface area contributed by atoms with E-state index >= 15 is 0 Å². The molecule has 7 rings (SSSR count). The first-order valence-corrected chi connectivity index (χ1v) is 15.3. The molecule has 6 aromatic heterocycles. The number of nitrogens with one attached hydrogen (secondary N) is 1. The van der Waals surface area contributed by atoms with Crippen LogP contribution in [0.4, 0.5) is 5.95 Å². The molecule has 6 heterocycles. The summed E-state index contributed by atoms with van der Waals surface area (Å²) in [6.45, 7) is 1.85. The van der Waals surface area contributed by atoms with Gasteiger partial charge in [-0.2, -0.15) is 9.03 Å². The zero-order valence-electron chi connectivity index (χ0n) is 24.5. The topological polar surface area (TPSA) is 168 Å². The van der Waals surface area contributed by atoms with Crippen LogP contribution in [-0.2, 0) is 11.3 Å². The van der Waals surface area contributed by atoms with Crippen molar-refractivity contribution in [3.05, 3.63) is 96.2 Å². The van der Waals surface area contributed by atoms with Crippen LogP contribution < -0.4 is 5.32 Å². The third-order valence-electron chi connectivity index (χ3n) is 6.53. The summed E-state index contributed by atoms with van der Waals surface area (Å²) in [5.74, 6) is 2.43. The van der Waals surface area contributed by atoms with Gasteiger partial charge in [-0.25, -0.2) is 19.9 Å². The lowest BCUT2D eigenvalue weighted by Gasteiger charge is -2.08. The van der Waals surface area contributed by atoms with Crippen LogP contribution in [0.5, 0.6) is 0 Å². The van der Waals surface area contributed by atoms with Crippen LogP contribution in [0.3, 0.4) is 0 Å². The van der Waals surface area contributed by atoms with Crippen molar-refractivity contribution >= 4 is 41.6 Å². The first-order valence-electron chi connectivity index (χ1n) is 14.1. The lowest BCUT2D eigenvalue weighted by molar-refractivity contribution is 0.111. The summed E-state index contributed by atoms with van der Waals surface area (Å²) in [6.07, 6.45) is 10.2. The van der Waals surface area contributed by atoms with Gasteiger partial charge in [0.15, 0.2) is 40.5 Å². The maximum Gasteiger partial charge on any atom is 0.225 e. The highest BCUT2D eigenvalue weighted by Crippen LogP contribution is 2.22. The lowest BCUT2D eigenvalue weighted by Crippen LogP contribution is -2.11. The van der Waals surface area contributed by atoms with Crippen LogP contribution in [0, 0.1) is 0 Å². The van der Waals surface area contributed by atoms with E-state index in [9.17, 15) is 9.59 Å². The number of aldehydes is 2. The highest BCUT2D eigenvalue weighted by atomic mass is 32.2. The largest absolute Gasteiger partial charge is 0.461 e. The number of hydrogen-bond acceptors (Lipinski definition) is 13. The van der Waals surface area contributed by atoms with Gasteiger partial charge < -0.3 is 18.9 Å². The van der Waals surface area contributed by atoms with Crippen LogP contribution in [-0.4, -0.2) is 71.1 Å². The number of anilines is 1. The fourth-order valence-corrected chi connectivity index (χ4v) is 4.80. The van der Waals surface area contributed by atoms with Gasteiger partial charge in [0.05, 0.1) is 30.3 Å². The van der Waals surface area contributed by atoms with Crippen molar-refractivity contribution in [3.63, 3.8) is 0 Å². The number of rotatable bonds is 12. The van der Waals surface area contributed by atoms with E-state index in [1.54, 1.807) is 41.3 Å². The quantitative estimate of drug-likeness (QED) is 0.0810. The van der Waals surface area contributed by atoms with Crippen molar-refractivity contribution < 1.29 is 23.2 Å². The van der Waals surface area contributed by atoms with Crippen molar-refractivity contribution in [2.24, 2.45) is 0 Å². The Balaban J connectivity index is 0.000000178. The van der Waals surface area contributed by atoms with E-state index in [4.69, 9.17) is 13.6 Å². The summed E-state index contributed by atoms with van der Waals surface area (Å²) in [4.78, 5) is 39.4. The van der Waals surface area contributed by atoms with Crippen LogP contribution in [0.2, 0.25) is 0 Å². The van der Waals surface area contributed by atoms with Crippen molar-refractivity contribution in [1.29, 1.82) is 0 Å². The Morgan fingerprint density at radius 2 is 1.46 bits per heavy atom. The molecule has 0 fully saturated rings. The molecule has 0 amide bonds. The van der Waals surface area contributed by atoms with E-state index in [1.807, 2.05) is 36.6 Å². The van der Waals surface area contributed by atoms with Crippen LogP contribution >= 0.6 is 11.8 Å². The Morgan fingerprint density at radius 1 is 0.826 bits per heavy atom. The van der Waals surface area contributed by atoms with Crippen molar-refractivity contribution in [1.82, 2.24) is 39.2 Å². The third-order valence-corrected chi connectivity index (χ3v) is 7.18. The monoisotopic (exact) mass is 637 g/mol. The molecule has 0 unspecified atom stereocenters. The van der Waals surface area contributed by atoms with Crippen LogP contribution in [0.15, 0.2) is 93.5 Å². The van der Waals surface area contributed by atoms with Crippen molar-refractivity contribution in [2.45, 2.75) is 18.2 Å². The predicted molar refractivity (Wildman–Crippen MR) is 169 cm³/mol. The van der Waals surface area contributed by atoms with Gasteiger partial charge in [-0.3, -0.25) is 9.59 Å². The number of aromatic nitrogens is 8. The van der Waals surface area contributed by atoms with E-state index in [1.165, 1.54) is 28.7 Å². The average molecular weight is 638 g/mol. The summed E-state index contributed by atoms with van der Waals surface area (Å²) in [5, 5.41) is 12.6. The number of hydrogen-bond donors (Lipinski definition) is 1. The molecule has 0 aliphatic rings. The first kappa shape index (κ1) is 30.4. The van der Waals surface area contributed by atoms with E-state index in [0.717, 1.165) is 12.0 Å². The Labute approximate surface area is 265 Å². The van der Waals surface area contributed by atoms with E-state index in [-0.39, 0.29) is 0 Å². The van der Waals surface area contributed by atoms with Gasteiger partial charge in [-0.05, 0) is 42.5 Å². The van der Waals surface area contributed by atoms with Crippen LogP contribution in [0.1, 0.15) is 32.7 Å². The highest BCUT2D eigenvalue weighted by Gasteiger charge is 2.16. The Kier molecular flexibility index (Phi) is 9.51. The maximum atomic E-state index is 11.3. The second-order valence-electron chi connectivity index (χ2n) is 9.59. The number of carbonyl (C=O) groups excluding carboxylic acids is 2. The molecule has 0 bridgehead atoms. The summed E-state index contributed by atoms with van der Waals surface area (Å²) in [6, 6.07) is 17.1. The average Bonchev–Trinajstić information content (AvgIpc) is 3.92. The SMILES string of the molecule is CSc1ncc(C=O)c2nc(-c3ccco3)nn12.O=Cc1cnc(NCCCOCc2ccccc2)n2nc(-c3ccco3)nc12. The minimum atomic E-state index is 0.363. The summed E-state index contributed by atoms with van der Waals surface area (Å²) >= 11 is 1.43. The molecule has 0 aliphatic heterocycles. The smallest absolute Gasteiger partial charge is 0.225 e. The molecular weight excluding hydrogens is 610 g/mol. The molecule has 0 saturated carbocycles. The molecule has 0 spiro atoms. The number of nitrogens with zero attached hydrogens (tertiary/aromatic N) is 8. The molecular formula is C31H27N9O5S. The second-order valence-corrected chi connectivity index (χ2v) is 10.4. The fourth-order valence-electron chi connectivity index (χ4n) is 4.34. The summed E-state index contributed by atoms with van der Waals surface area (Å²) < 4.78 is 19.3. The van der Waals surface area contributed by atoms with Gasteiger partial charge >= 0.3 is 0 Å². The molecule has 0 atom stereocenters. The molecule has 14 nitrogen and oxygen atoms in total. The maximum absolute atomic E-state index is 11.3. The predicted octanol–water partition coefficient (Wildman–Crippen LogP) is 5.13. The zero-order chi connectivity index (χ0) is 31.7. The van der Waals surface area contributed by atoms with Gasteiger partial charge in [-0.15, -0.1) is 10.2 Å². The van der Waals surface area contributed by atoms with Gasteiger partial charge in [0, 0.05) is 25.5 Å². The lowest BCUT2D eigenvalue weighted by atomic mass is 10.2. The molecule has 15 heteroatoms.